The summed E-state index contributed by atoms with van der Waals surface area (Å²) in [6.07, 6.45) is 1.98. The standard InChI is InChI=1S/C21H24N2OS2/c1-7-22-20(24)18(26-21(22)25)11-17-10-15(5)23(16(17)6)19-13(3)8-12(2)9-14(19)4/h8-11H,7H2,1-6H3/b18-11-. The summed E-state index contributed by atoms with van der Waals surface area (Å²) < 4.78 is 2.93. The number of hydrogen-bond donors (Lipinski definition) is 0. The lowest BCUT2D eigenvalue weighted by atomic mass is 10.0. The highest BCUT2D eigenvalue weighted by molar-refractivity contribution is 8.26. The number of rotatable bonds is 3. The fraction of sp³-hybridized carbons (Fsp3) is 0.333. The Morgan fingerprint density at radius 1 is 1.08 bits per heavy atom. The predicted molar refractivity (Wildman–Crippen MR) is 115 cm³/mol. The summed E-state index contributed by atoms with van der Waals surface area (Å²) in [5.41, 5.74) is 8.38. The largest absolute Gasteiger partial charge is 0.317 e. The van der Waals surface area contributed by atoms with Crippen LogP contribution in [-0.2, 0) is 4.79 Å². The summed E-state index contributed by atoms with van der Waals surface area (Å²) in [6.45, 7) is 13.2. The van der Waals surface area contributed by atoms with Gasteiger partial charge in [-0.05, 0) is 70.4 Å². The summed E-state index contributed by atoms with van der Waals surface area (Å²) in [6, 6.07) is 6.58. The van der Waals surface area contributed by atoms with Crippen LogP contribution in [0.15, 0.2) is 23.1 Å². The fourth-order valence-electron chi connectivity index (χ4n) is 3.72. The second-order valence-corrected chi connectivity index (χ2v) is 8.51. The molecule has 3 rings (SSSR count). The van der Waals surface area contributed by atoms with Gasteiger partial charge in [0.1, 0.15) is 4.32 Å². The van der Waals surface area contributed by atoms with Crippen LogP contribution in [0.1, 0.15) is 40.6 Å². The zero-order chi connectivity index (χ0) is 19.2. The number of thioether (sulfide) groups is 1. The summed E-state index contributed by atoms with van der Waals surface area (Å²) in [4.78, 5) is 14.9. The van der Waals surface area contributed by atoms with Gasteiger partial charge in [0.05, 0.1) is 10.6 Å². The SMILES string of the molecule is CCN1C(=O)/C(=C/c2cc(C)n(-c3c(C)cc(C)cc3C)c2C)SC1=S. The number of amides is 1. The molecule has 0 radical (unpaired) electrons. The second-order valence-electron chi connectivity index (χ2n) is 6.84. The van der Waals surface area contributed by atoms with Crippen molar-refractivity contribution in [1.82, 2.24) is 9.47 Å². The highest BCUT2D eigenvalue weighted by atomic mass is 32.2. The van der Waals surface area contributed by atoms with Crippen molar-refractivity contribution < 1.29 is 4.79 Å². The molecular formula is C21H24N2OS2. The van der Waals surface area contributed by atoms with Crippen LogP contribution < -0.4 is 0 Å². The highest BCUT2D eigenvalue weighted by Crippen LogP contribution is 2.34. The summed E-state index contributed by atoms with van der Waals surface area (Å²) in [7, 11) is 0. The lowest BCUT2D eigenvalue weighted by molar-refractivity contribution is -0.121. The van der Waals surface area contributed by atoms with Crippen molar-refractivity contribution in [2.24, 2.45) is 0 Å². The van der Waals surface area contributed by atoms with Gasteiger partial charge in [-0.3, -0.25) is 9.69 Å². The van der Waals surface area contributed by atoms with Crippen LogP contribution in [0, 0.1) is 34.6 Å². The molecule has 2 heterocycles. The number of thiocarbonyl (C=S) groups is 1. The average molecular weight is 385 g/mol. The molecule has 5 heteroatoms. The third kappa shape index (κ3) is 3.14. The molecule has 1 fully saturated rings. The number of carbonyl (C=O) groups is 1. The third-order valence-corrected chi connectivity index (χ3v) is 6.18. The number of likely N-dealkylation sites (N-methyl/N-ethyl adjacent to an activating group) is 1. The molecule has 0 aliphatic carbocycles. The van der Waals surface area contributed by atoms with E-state index in [9.17, 15) is 4.79 Å². The van der Waals surface area contributed by atoms with E-state index in [2.05, 4.69) is 57.4 Å². The lowest BCUT2D eigenvalue weighted by Gasteiger charge is -2.17. The molecule has 2 aromatic rings. The maximum atomic E-state index is 12.5. The van der Waals surface area contributed by atoms with Gasteiger partial charge in [0, 0.05) is 17.9 Å². The number of benzene rings is 1. The van der Waals surface area contributed by atoms with Crippen LogP contribution >= 0.6 is 24.0 Å². The third-order valence-electron chi connectivity index (χ3n) is 4.81. The van der Waals surface area contributed by atoms with Gasteiger partial charge in [0.2, 0.25) is 0 Å². The summed E-state index contributed by atoms with van der Waals surface area (Å²) in [5.74, 6) is 0.00926. The smallest absolute Gasteiger partial charge is 0.266 e. The molecule has 0 bridgehead atoms. The van der Waals surface area contributed by atoms with Gasteiger partial charge >= 0.3 is 0 Å². The number of aromatic nitrogens is 1. The monoisotopic (exact) mass is 384 g/mol. The van der Waals surface area contributed by atoms with Gasteiger partial charge in [-0.15, -0.1) is 0 Å². The Kier molecular flexibility index (Phi) is 5.13. The Hall–Kier alpha value is -1.85. The molecule has 0 saturated carbocycles. The lowest BCUT2D eigenvalue weighted by Crippen LogP contribution is -2.27. The number of hydrogen-bond acceptors (Lipinski definition) is 3. The van der Waals surface area contributed by atoms with Crippen molar-refractivity contribution in [1.29, 1.82) is 0 Å². The first-order valence-electron chi connectivity index (χ1n) is 8.77. The molecular weight excluding hydrogens is 360 g/mol. The van der Waals surface area contributed by atoms with E-state index in [0.29, 0.717) is 15.8 Å². The zero-order valence-electron chi connectivity index (χ0n) is 16.1. The van der Waals surface area contributed by atoms with E-state index in [4.69, 9.17) is 12.2 Å². The second kappa shape index (κ2) is 7.05. The first kappa shape index (κ1) is 18.9. The zero-order valence-corrected chi connectivity index (χ0v) is 17.8. The maximum absolute atomic E-state index is 12.5. The Balaban J connectivity index is 2.10. The number of aryl methyl sites for hydroxylation is 4. The van der Waals surface area contributed by atoms with E-state index in [1.165, 1.54) is 34.1 Å². The molecule has 0 spiro atoms. The van der Waals surface area contributed by atoms with Gasteiger partial charge in [0.25, 0.3) is 5.91 Å². The first-order valence-corrected chi connectivity index (χ1v) is 9.99. The first-order chi connectivity index (χ1) is 12.2. The minimum Gasteiger partial charge on any atom is -0.317 e. The van der Waals surface area contributed by atoms with Crippen LogP contribution in [-0.4, -0.2) is 26.2 Å². The van der Waals surface area contributed by atoms with E-state index in [1.54, 1.807) is 4.90 Å². The molecule has 136 valence electrons. The van der Waals surface area contributed by atoms with Crippen LogP contribution in [0.25, 0.3) is 11.8 Å². The van der Waals surface area contributed by atoms with Gasteiger partial charge in [-0.1, -0.05) is 41.7 Å². The van der Waals surface area contributed by atoms with E-state index in [0.717, 1.165) is 17.0 Å². The van der Waals surface area contributed by atoms with E-state index >= 15 is 0 Å². The van der Waals surface area contributed by atoms with Crippen molar-refractivity contribution in [2.75, 3.05) is 6.54 Å². The average Bonchev–Trinajstić information content (AvgIpc) is 2.97. The van der Waals surface area contributed by atoms with Crippen molar-refractivity contribution >= 4 is 40.3 Å². The van der Waals surface area contributed by atoms with Crippen molar-refractivity contribution in [3.63, 3.8) is 0 Å². The molecule has 1 amide bonds. The highest BCUT2D eigenvalue weighted by Gasteiger charge is 2.31. The number of carbonyl (C=O) groups excluding carboxylic acids is 1. The molecule has 1 aliphatic rings. The van der Waals surface area contributed by atoms with Crippen LogP contribution in [0.4, 0.5) is 0 Å². The Labute approximate surface area is 165 Å². The summed E-state index contributed by atoms with van der Waals surface area (Å²) >= 11 is 6.71. The van der Waals surface area contributed by atoms with Gasteiger partial charge in [0.15, 0.2) is 0 Å². The molecule has 0 N–H and O–H groups in total. The fourth-order valence-corrected chi connectivity index (χ4v) is 5.09. The minimum absolute atomic E-state index is 0.00926. The Bertz CT molecular complexity index is 930. The molecule has 1 aromatic carbocycles. The summed E-state index contributed by atoms with van der Waals surface area (Å²) in [5, 5.41) is 0. The van der Waals surface area contributed by atoms with Crippen LogP contribution in [0.2, 0.25) is 0 Å². The van der Waals surface area contributed by atoms with Crippen molar-refractivity contribution in [3.8, 4) is 5.69 Å². The van der Waals surface area contributed by atoms with Crippen molar-refractivity contribution in [3.05, 3.63) is 56.7 Å². The molecule has 1 aliphatic heterocycles. The molecule has 3 nitrogen and oxygen atoms in total. The number of nitrogens with zero attached hydrogens (tertiary/aromatic N) is 2. The van der Waals surface area contributed by atoms with Crippen LogP contribution in [0.3, 0.4) is 0 Å². The molecule has 0 unspecified atom stereocenters. The Morgan fingerprint density at radius 2 is 1.69 bits per heavy atom. The maximum Gasteiger partial charge on any atom is 0.266 e. The van der Waals surface area contributed by atoms with E-state index < -0.39 is 0 Å². The van der Waals surface area contributed by atoms with Crippen molar-refractivity contribution in [2.45, 2.75) is 41.5 Å². The van der Waals surface area contributed by atoms with E-state index in [1.807, 2.05) is 13.0 Å². The van der Waals surface area contributed by atoms with Gasteiger partial charge in [-0.2, -0.15) is 0 Å². The van der Waals surface area contributed by atoms with Gasteiger partial charge in [-0.25, -0.2) is 0 Å². The quantitative estimate of drug-likeness (QED) is 0.534. The topological polar surface area (TPSA) is 25.2 Å². The molecule has 1 saturated heterocycles. The van der Waals surface area contributed by atoms with E-state index in [-0.39, 0.29) is 5.91 Å². The minimum atomic E-state index is 0.00926. The predicted octanol–water partition coefficient (Wildman–Crippen LogP) is 5.24. The van der Waals surface area contributed by atoms with Gasteiger partial charge < -0.3 is 4.57 Å². The Morgan fingerprint density at radius 3 is 2.23 bits per heavy atom. The molecule has 1 aromatic heterocycles. The normalized spacial score (nSPS) is 16.2. The molecule has 0 atom stereocenters. The molecule has 26 heavy (non-hydrogen) atoms. The van der Waals surface area contributed by atoms with Crippen LogP contribution in [0.5, 0.6) is 0 Å².